The number of primary amides is 1. The van der Waals surface area contributed by atoms with E-state index in [1.807, 2.05) is 6.92 Å². The number of benzene rings is 2. The number of rotatable bonds is 8. The Kier molecular flexibility index (Phi) is 8.48. The van der Waals surface area contributed by atoms with Crippen molar-refractivity contribution in [2.45, 2.75) is 31.7 Å². The molecule has 1 saturated heterocycles. The lowest BCUT2D eigenvalue weighted by Crippen LogP contribution is -2.61. The quantitative estimate of drug-likeness (QED) is 0.391. The van der Waals surface area contributed by atoms with E-state index in [1.54, 1.807) is 41.3 Å². The zero-order valence-electron chi connectivity index (χ0n) is 20.5. The Hall–Kier alpha value is -3.29. The Morgan fingerprint density at radius 1 is 1.13 bits per heavy atom. The van der Waals surface area contributed by atoms with E-state index >= 15 is 0 Å². The molecule has 198 valence electrons. The maximum Gasteiger partial charge on any atom is 0.275 e. The number of amides is 2. The number of halogens is 3. The number of hydrogen-bond acceptors (Lipinski definition) is 6. The minimum Gasteiger partial charge on any atom is -0.438 e. The molecule has 9 nitrogen and oxygen atoms in total. The number of aromatic nitrogens is 2. The highest BCUT2D eigenvalue weighted by atomic mass is 35.5. The normalized spacial score (nSPS) is 14.7. The Bertz CT molecular complexity index is 1390. The lowest BCUT2D eigenvalue weighted by atomic mass is 9.86. The molecule has 0 saturated carbocycles. The molecule has 0 radical (unpaired) electrons. The zero-order valence-corrected chi connectivity index (χ0v) is 22.8. The number of nitriles is 1. The third-order valence-corrected chi connectivity index (χ3v) is 7.20. The zero-order chi connectivity index (χ0) is 27.4. The van der Waals surface area contributed by atoms with Gasteiger partial charge in [-0.25, -0.2) is 0 Å². The molecule has 2 aromatic carbocycles. The highest BCUT2D eigenvalue weighted by Crippen LogP contribution is 2.35. The molecule has 1 aromatic heterocycles. The molecule has 3 aromatic rings. The van der Waals surface area contributed by atoms with Crippen molar-refractivity contribution in [3.8, 4) is 23.4 Å². The maximum atomic E-state index is 13.6. The number of likely N-dealkylation sites (tertiary alicyclic amines) is 1. The summed E-state index contributed by atoms with van der Waals surface area (Å²) >= 11 is 18.5. The predicted octanol–water partition coefficient (Wildman–Crippen LogP) is 4.96. The summed E-state index contributed by atoms with van der Waals surface area (Å²) in [5, 5.41) is 19.0. The van der Waals surface area contributed by atoms with E-state index in [0.29, 0.717) is 40.9 Å². The molecule has 1 fully saturated rings. The van der Waals surface area contributed by atoms with Gasteiger partial charge in [0.05, 0.1) is 10.7 Å². The van der Waals surface area contributed by atoms with Crippen LogP contribution in [0, 0.1) is 11.3 Å². The van der Waals surface area contributed by atoms with Gasteiger partial charge in [0.2, 0.25) is 11.8 Å². The topological polar surface area (TPSA) is 126 Å². The number of nitrogens with one attached hydrogen (secondary N) is 1. The van der Waals surface area contributed by atoms with Gasteiger partial charge in [-0.1, -0.05) is 41.7 Å². The van der Waals surface area contributed by atoms with Gasteiger partial charge in [0.25, 0.3) is 5.91 Å². The van der Waals surface area contributed by atoms with Crippen LogP contribution >= 0.6 is 34.8 Å². The molecule has 0 bridgehead atoms. The van der Waals surface area contributed by atoms with Crippen molar-refractivity contribution in [2.24, 2.45) is 5.73 Å². The standard InChI is InChI=1S/C26H25Cl3N6O3/c1-2-11-32-26(25(31)37)9-12-34(13-10-26)23(36)22-19(15-30)24(38-18-6-3-16(27)4-7-18)35(33-22)21-8-5-17(28)14-20(21)29/h3-8,14,32H,2,9-13H2,1H3,(H2,31,37). The van der Waals surface area contributed by atoms with Crippen molar-refractivity contribution in [2.75, 3.05) is 19.6 Å². The molecule has 0 spiro atoms. The highest BCUT2D eigenvalue weighted by molar-refractivity contribution is 6.35. The van der Waals surface area contributed by atoms with E-state index in [4.69, 9.17) is 45.3 Å². The van der Waals surface area contributed by atoms with Gasteiger partial charge in [0.15, 0.2) is 5.69 Å². The molecule has 0 unspecified atom stereocenters. The van der Waals surface area contributed by atoms with E-state index in [2.05, 4.69) is 16.5 Å². The van der Waals surface area contributed by atoms with Gasteiger partial charge >= 0.3 is 0 Å². The first-order valence-electron chi connectivity index (χ1n) is 11.9. The monoisotopic (exact) mass is 574 g/mol. The Morgan fingerprint density at radius 3 is 2.37 bits per heavy atom. The lowest BCUT2D eigenvalue weighted by molar-refractivity contribution is -0.126. The second-order valence-corrected chi connectivity index (χ2v) is 10.1. The Morgan fingerprint density at radius 2 is 1.79 bits per heavy atom. The molecule has 0 atom stereocenters. The second-order valence-electron chi connectivity index (χ2n) is 8.87. The summed E-state index contributed by atoms with van der Waals surface area (Å²) < 4.78 is 7.34. The van der Waals surface area contributed by atoms with Gasteiger partial charge < -0.3 is 20.7 Å². The van der Waals surface area contributed by atoms with E-state index < -0.39 is 17.4 Å². The number of nitrogens with two attached hydrogens (primary N) is 1. The molecule has 2 amide bonds. The van der Waals surface area contributed by atoms with E-state index in [1.165, 1.54) is 10.7 Å². The molecular weight excluding hydrogens is 551 g/mol. The van der Waals surface area contributed by atoms with Crippen LogP contribution in [0.2, 0.25) is 15.1 Å². The van der Waals surface area contributed by atoms with Crippen LogP contribution in [0.5, 0.6) is 11.6 Å². The first-order chi connectivity index (χ1) is 18.2. The molecule has 0 aliphatic carbocycles. The van der Waals surface area contributed by atoms with Crippen molar-refractivity contribution >= 4 is 46.6 Å². The number of hydrogen-bond donors (Lipinski definition) is 2. The third-order valence-electron chi connectivity index (χ3n) is 6.41. The number of ether oxygens (including phenoxy) is 1. The van der Waals surface area contributed by atoms with Gasteiger partial charge in [-0.15, -0.1) is 0 Å². The molecule has 1 aliphatic rings. The Balaban J connectivity index is 1.72. The lowest BCUT2D eigenvalue weighted by Gasteiger charge is -2.40. The fourth-order valence-electron chi connectivity index (χ4n) is 4.29. The largest absolute Gasteiger partial charge is 0.438 e. The SMILES string of the molecule is CCCNC1(C(N)=O)CCN(C(=O)c2nn(-c3ccc(Cl)cc3Cl)c(Oc3ccc(Cl)cc3)c2C#N)CC1. The summed E-state index contributed by atoms with van der Waals surface area (Å²) in [6.45, 7) is 3.14. The van der Waals surface area contributed by atoms with Crippen molar-refractivity contribution in [1.82, 2.24) is 20.0 Å². The average Bonchev–Trinajstić information content (AvgIpc) is 3.26. The second kappa shape index (κ2) is 11.6. The highest BCUT2D eigenvalue weighted by Gasteiger charge is 2.41. The molecule has 38 heavy (non-hydrogen) atoms. The van der Waals surface area contributed by atoms with Crippen LogP contribution in [0.25, 0.3) is 5.69 Å². The molecule has 3 N–H and O–H groups in total. The number of carbonyl (C=O) groups is 2. The summed E-state index contributed by atoms with van der Waals surface area (Å²) in [7, 11) is 0. The van der Waals surface area contributed by atoms with Crippen LogP contribution in [0.1, 0.15) is 42.2 Å². The summed E-state index contributed by atoms with van der Waals surface area (Å²) in [4.78, 5) is 27.4. The molecule has 12 heteroatoms. The number of nitrogens with zero attached hydrogens (tertiary/aromatic N) is 4. The van der Waals surface area contributed by atoms with Crippen molar-refractivity contribution in [3.05, 3.63) is 68.8 Å². The fraction of sp³-hybridized carbons (Fsp3) is 0.308. The number of carbonyl (C=O) groups excluding carboxylic acids is 2. The van der Waals surface area contributed by atoms with E-state index in [-0.39, 0.29) is 35.2 Å². The first-order valence-corrected chi connectivity index (χ1v) is 13.1. The molecule has 2 heterocycles. The van der Waals surface area contributed by atoms with Crippen LogP contribution in [0.15, 0.2) is 42.5 Å². The first kappa shape index (κ1) is 27.7. The van der Waals surface area contributed by atoms with Crippen LogP contribution in [-0.4, -0.2) is 51.7 Å². The summed E-state index contributed by atoms with van der Waals surface area (Å²) in [6, 6.07) is 13.3. The van der Waals surface area contributed by atoms with E-state index in [0.717, 1.165) is 6.42 Å². The van der Waals surface area contributed by atoms with Gasteiger partial charge in [-0.3, -0.25) is 9.59 Å². The average molecular weight is 576 g/mol. The fourth-order valence-corrected chi connectivity index (χ4v) is 4.91. The van der Waals surface area contributed by atoms with Crippen LogP contribution in [0.4, 0.5) is 0 Å². The van der Waals surface area contributed by atoms with Crippen molar-refractivity contribution in [1.29, 1.82) is 5.26 Å². The Labute approximate surface area is 235 Å². The molecular formula is C26H25Cl3N6O3. The van der Waals surface area contributed by atoms with E-state index in [9.17, 15) is 14.9 Å². The van der Waals surface area contributed by atoms with Crippen LogP contribution in [0.3, 0.4) is 0 Å². The van der Waals surface area contributed by atoms with Crippen LogP contribution in [-0.2, 0) is 4.79 Å². The van der Waals surface area contributed by atoms with Crippen molar-refractivity contribution in [3.63, 3.8) is 0 Å². The van der Waals surface area contributed by atoms with Gasteiger partial charge in [0, 0.05) is 23.1 Å². The van der Waals surface area contributed by atoms with Gasteiger partial charge in [-0.05, 0) is 68.3 Å². The summed E-state index contributed by atoms with van der Waals surface area (Å²) in [5.74, 6) is -0.533. The minimum atomic E-state index is -0.885. The third kappa shape index (κ3) is 5.59. The predicted molar refractivity (Wildman–Crippen MR) is 145 cm³/mol. The molecule has 1 aliphatic heterocycles. The summed E-state index contributed by atoms with van der Waals surface area (Å²) in [6.07, 6.45) is 1.52. The smallest absolute Gasteiger partial charge is 0.275 e. The van der Waals surface area contributed by atoms with Crippen LogP contribution < -0.4 is 15.8 Å². The van der Waals surface area contributed by atoms with Gasteiger partial charge in [-0.2, -0.15) is 15.0 Å². The van der Waals surface area contributed by atoms with Gasteiger partial charge in [0.1, 0.15) is 22.9 Å². The maximum absolute atomic E-state index is 13.6. The summed E-state index contributed by atoms with van der Waals surface area (Å²) in [5.41, 5.74) is 5.02. The molecule has 4 rings (SSSR count). The van der Waals surface area contributed by atoms with Crippen molar-refractivity contribution < 1.29 is 14.3 Å². The number of piperidine rings is 1. The minimum absolute atomic E-state index is 0.00972.